The zero-order valence-electron chi connectivity index (χ0n) is 10.3. The summed E-state index contributed by atoms with van der Waals surface area (Å²) in [5.74, 6) is 6.22. The Morgan fingerprint density at radius 1 is 0.778 bits per heavy atom. The third kappa shape index (κ3) is 4.31. The van der Waals surface area contributed by atoms with E-state index in [4.69, 9.17) is 0 Å². The zero-order chi connectivity index (χ0) is 12.5. The number of allylic oxidation sites excluding steroid dienone is 2. The van der Waals surface area contributed by atoms with Gasteiger partial charge in [0.25, 0.3) is 0 Å². The van der Waals surface area contributed by atoms with Gasteiger partial charge in [-0.2, -0.15) is 0 Å². The van der Waals surface area contributed by atoms with Crippen LogP contribution in [0.25, 0.3) is 0 Å². The van der Waals surface area contributed by atoms with Crippen molar-refractivity contribution in [1.29, 1.82) is 0 Å². The highest BCUT2D eigenvalue weighted by Gasteiger charge is 1.85. The summed E-state index contributed by atoms with van der Waals surface area (Å²) in [5.41, 5.74) is 2.58. The molecule has 2 rings (SSSR count). The highest BCUT2D eigenvalue weighted by Crippen LogP contribution is 2.00. The Balaban J connectivity index is 1.78. The summed E-state index contributed by atoms with van der Waals surface area (Å²) < 4.78 is 0. The smallest absolute Gasteiger partial charge is 0.0343 e. The molecule has 2 aromatic rings. The molecule has 0 aliphatic carbocycles. The topological polar surface area (TPSA) is 0 Å². The number of benzene rings is 2. The van der Waals surface area contributed by atoms with Crippen LogP contribution in [0.3, 0.4) is 0 Å². The molecule has 0 radical (unpaired) electrons. The minimum Gasteiger partial charge on any atom is -0.0937 e. The molecule has 0 atom stereocenters. The van der Waals surface area contributed by atoms with Crippen molar-refractivity contribution in [1.82, 2.24) is 0 Å². The van der Waals surface area contributed by atoms with Crippen LogP contribution in [0.15, 0.2) is 72.8 Å². The van der Waals surface area contributed by atoms with Crippen LogP contribution < -0.4 is 0 Å². The summed E-state index contributed by atoms with van der Waals surface area (Å²) in [6.07, 6.45) is 5.81. The summed E-state index contributed by atoms with van der Waals surface area (Å²) >= 11 is 0. The van der Waals surface area contributed by atoms with Gasteiger partial charge in [-0.15, -0.1) is 0 Å². The monoisotopic (exact) mass is 232 g/mol. The fourth-order valence-corrected chi connectivity index (χ4v) is 1.68. The quantitative estimate of drug-likeness (QED) is 0.701. The molecule has 0 N–H and O–H groups in total. The van der Waals surface area contributed by atoms with Gasteiger partial charge in [0.05, 0.1) is 0 Å². The maximum Gasteiger partial charge on any atom is 0.0343 e. The van der Waals surface area contributed by atoms with Crippen LogP contribution in [-0.2, 0) is 12.8 Å². The molecule has 88 valence electrons. The summed E-state index contributed by atoms with van der Waals surface area (Å²) in [6, 6.07) is 20.7. The van der Waals surface area contributed by atoms with Crippen LogP contribution in [0.5, 0.6) is 0 Å². The number of rotatable bonds is 3. The second-order valence-electron chi connectivity index (χ2n) is 4.08. The maximum atomic E-state index is 3.15. The van der Waals surface area contributed by atoms with E-state index in [-0.39, 0.29) is 0 Å². The van der Waals surface area contributed by atoms with Gasteiger partial charge < -0.3 is 0 Å². The predicted molar refractivity (Wildman–Crippen MR) is 77.2 cm³/mol. The van der Waals surface area contributed by atoms with E-state index >= 15 is 0 Å². The molecule has 0 unspecified atom stereocenters. The first-order valence-electron chi connectivity index (χ1n) is 6.16. The minimum atomic E-state index is 0.816. The standard InChI is InChI=1S/C18H16/c1(5-11-17-13-7-3-8-14-17)2-6-12-18-15-9-4-10-16-18/h1,3-5,7-10,13-16H,11-12H2/b5-1-. The molecule has 0 aliphatic heterocycles. The van der Waals surface area contributed by atoms with E-state index in [0.29, 0.717) is 0 Å². The molecular weight excluding hydrogens is 216 g/mol. The highest BCUT2D eigenvalue weighted by molar-refractivity contribution is 5.25. The Labute approximate surface area is 109 Å². The van der Waals surface area contributed by atoms with Crippen molar-refractivity contribution in [3.63, 3.8) is 0 Å². The van der Waals surface area contributed by atoms with E-state index in [1.54, 1.807) is 0 Å². The van der Waals surface area contributed by atoms with Crippen LogP contribution in [0, 0.1) is 11.8 Å². The summed E-state index contributed by atoms with van der Waals surface area (Å²) in [6.45, 7) is 0. The van der Waals surface area contributed by atoms with Gasteiger partial charge in [-0.1, -0.05) is 78.6 Å². The molecule has 0 spiro atoms. The SMILES string of the molecule is C(#CCc1ccccc1)/C=C\Cc1ccccc1. The van der Waals surface area contributed by atoms with Gasteiger partial charge in [0.1, 0.15) is 0 Å². The van der Waals surface area contributed by atoms with Gasteiger partial charge in [-0.25, -0.2) is 0 Å². The van der Waals surface area contributed by atoms with Crippen LogP contribution in [-0.4, -0.2) is 0 Å². The van der Waals surface area contributed by atoms with Crippen LogP contribution in [0.2, 0.25) is 0 Å². The average Bonchev–Trinajstić information content (AvgIpc) is 2.45. The second kappa shape index (κ2) is 7.14. The van der Waals surface area contributed by atoms with Gasteiger partial charge in [0.15, 0.2) is 0 Å². The summed E-state index contributed by atoms with van der Waals surface area (Å²) in [5, 5.41) is 0. The first-order valence-corrected chi connectivity index (χ1v) is 6.16. The summed E-state index contributed by atoms with van der Waals surface area (Å²) in [4.78, 5) is 0. The molecule has 0 saturated carbocycles. The van der Waals surface area contributed by atoms with Gasteiger partial charge in [0.2, 0.25) is 0 Å². The molecular formula is C18H16. The van der Waals surface area contributed by atoms with Gasteiger partial charge >= 0.3 is 0 Å². The predicted octanol–water partition coefficient (Wildman–Crippen LogP) is 4.03. The highest BCUT2D eigenvalue weighted by atomic mass is 13.9. The lowest BCUT2D eigenvalue weighted by Crippen LogP contribution is -1.79. The lowest BCUT2D eigenvalue weighted by atomic mass is 10.1. The third-order valence-corrected chi connectivity index (χ3v) is 2.63. The van der Waals surface area contributed by atoms with E-state index in [2.05, 4.69) is 54.3 Å². The summed E-state index contributed by atoms with van der Waals surface area (Å²) in [7, 11) is 0. The van der Waals surface area contributed by atoms with Crippen molar-refractivity contribution in [3.05, 3.63) is 83.9 Å². The largest absolute Gasteiger partial charge is 0.0937 e. The first kappa shape index (κ1) is 12.2. The molecule has 18 heavy (non-hydrogen) atoms. The zero-order valence-corrected chi connectivity index (χ0v) is 10.3. The van der Waals surface area contributed by atoms with E-state index in [9.17, 15) is 0 Å². The minimum absolute atomic E-state index is 0.816. The molecule has 0 heterocycles. The Morgan fingerprint density at radius 2 is 1.39 bits per heavy atom. The van der Waals surface area contributed by atoms with Crippen molar-refractivity contribution < 1.29 is 0 Å². The molecule has 0 saturated heterocycles. The van der Waals surface area contributed by atoms with Crippen molar-refractivity contribution in [3.8, 4) is 11.8 Å². The fourth-order valence-electron chi connectivity index (χ4n) is 1.68. The van der Waals surface area contributed by atoms with Crippen molar-refractivity contribution >= 4 is 0 Å². The van der Waals surface area contributed by atoms with E-state index in [1.165, 1.54) is 11.1 Å². The van der Waals surface area contributed by atoms with Crippen LogP contribution >= 0.6 is 0 Å². The molecule has 0 amide bonds. The van der Waals surface area contributed by atoms with E-state index in [0.717, 1.165) is 12.8 Å². The second-order valence-corrected chi connectivity index (χ2v) is 4.08. The van der Waals surface area contributed by atoms with E-state index in [1.807, 2.05) is 30.3 Å². The molecule has 0 aliphatic rings. The lowest BCUT2D eigenvalue weighted by Gasteiger charge is -1.92. The van der Waals surface area contributed by atoms with Gasteiger partial charge in [-0.3, -0.25) is 0 Å². The Hall–Kier alpha value is -2.26. The number of hydrogen-bond acceptors (Lipinski definition) is 0. The van der Waals surface area contributed by atoms with Crippen molar-refractivity contribution in [2.24, 2.45) is 0 Å². The van der Waals surface area contributed by atoms with Crippen molar-refractivity contribution in [2.45, 2.75) is 12.8 Å². The fraction of sp³-hybridized carbons (Fsp3) is 0.111. The number of hydrogen-bond donors (Lipinski definition) is 0. The van der Waals surface area contributed by atoms with Crippen LogP contribution in [0.4, 0.5) is 0 Å². The molecule has 2 aromatic carbocycles. The molecule has 0 aromatic heterocycles. The lowest BCUT2D eigenvalue weighted by molar-refractivity contribution is 1.27. The molecule has 0 fully saturated rings. The molecule has 0 nitrogen and oxygen atoms in total. The Kier molecular flexibility index (Phi) is 4.84. The maximum absolute atomic E-state index is 3.15. The Morgan fingerprint density at radius 3 is 2.06 bits per heavy atom. The normalized spacial score (nSPS) is 10.0. The van der Waals surface area contributed by atoms with Gasteiger partial charge in [0, 0.05) is 6.42 Å². The third-order valence-electron chi connectivity index (χ3n) is 2.63. The first-order chi connectivity index (χ1) is 8.95. The van der Waals surface area contributed by atoms with E-state index < -0.39 is 0 Å². The molecule has 0 heteroatoms. The van der Waals surface area contributed by atoms with Gasteiger partial charge in [-0.05, 0) is 23.6 Å². The average molecular weight is 232 g/mol. The van der Waals surface area contributed by atoms with Crippen molar-refractivity contribution in [2.75, 3.05) is 0 Å². The van der Waals surface area contributed by atoms with Crippen LogP contribution in [0.1, 0.15) is 11.1 Å². The Bertz CT molecular complexity index is 539. The molecule has 0 bridgehead atoms.